The summed E-state index contributed by atoms with van der Waals surface area (Å²) in [6, 6.07) is 16.0. The minimum atomic E-state index is 0.0657. The zero-order chi connectivity index (χ0) is 14.5. The third-order valence-corrected chi connectivity index (χ3v) is 3.62. The number of amides is 1. The van der Waals surface area contributed by atoms with Gasteiger partial charge in [0.15, 0.2) is 0 Å². The molecule has 0 aliphatic rings. The summed E-state index contributed by atoms with van der Waals surface area (Å²) in [5.74, 6) is 0.0657. The van der Waals surface area contributed by atoms with E-state index in [1.54, 1.807) is 4.90 Å². The molecule has 104 valence electrons. The lowest BCUT2D eigenvalue weighted by Crippen LogP contribution is -2.26. The second kappa shape index (κ2) is 6.38. The lowest BCUT2D eigenvalue weighted by Gasteiger charge is -2.18. The van der Waals surface area contributed by atoms with Gasteiger partial charge in [-0.05, 0) is 42.2 Å². The van der Waals surface area contributed by atoms with Crippen molar-refractivity contribution in [2.75, 3.05) is 7.05 Å². The van der Waals surface area contributed by atoms with Crippen LogP contribution in [-0.2, 0) is 13.0 Å². The molecule has 0 bridgehead atoms. The van der Waals surface area contributed by atoms with Crippen LogP contribution in [0.5, 0.6) is 0 Å². The maximum atomic E-state index is 12.4. The van der Waals surface area contributed by atoms with E-state index in [9.17, 15) is 4.79 Å². The van der Waals surface area contributed by atoms with Gasteiger partial charge in [0, 0.05) is 19.2 Å². The molecule has 2 nitrogen and oxygen atoms in total. The predicted octanol–water partition coefficient (Wildman–Crippen LogP) is 3.83. The summed E-state index contributed by atoms with van der Waals surface area (Å²) in [6.07, 6.45) is 0.994. The van der Waals surface area contributed by atoms with Crippen molar-refractivity contribution in [3.8, 4) is 0 Å². The van der Waals surface area contributed by atoms with Crippen LogP contribution in [0.1, 0.15) is 34.0 Å². The molecule has 0 radical (unpaired) electrons. The zero-order valence-corrected chi connectivity index (χ0v) is 12.4. The number of carbonyl (C=O) groups excluding carboxylic acids is 1. The van der Waals surface area contributed by atoms with Gasteiger partial charge in [0.2, 0.25) is 0 Å². The van der Waals surface area contributed by atoms with Crippen molar-refractivity contribution >= 4 is 5.91 Å². The lowest BCUT2D eigenvalue weighted by atomic mass is 10.1. The Morgan fingerprint density at radius 1 is 1.05 bits per heavy atom. The molecule has 20 heavy (non-hydrogen) atoms. The Bertz CT molecular complexity index is 587. The fourth-order valence-electron chi connectivity index (χ4n) is 2.22. The standard InChI is InChI=1S/C18H21NO/c1-4-15-9-11-16(12-10-15)18(20)19(3)13-17-8-6-5-7-14(17)2/h5-12H,4,13H2,1-3H3. The first-order valence-electron chi connectivity index (χ1n) is 7.00. The van der Waals surface area contributed by atoms with Gasteiger partial charge in [-0.3, -0.25) is 4.79 Å². The number of hydrogen-bond donors (Lipinski definition) is 0. The lowest BCUT2D eigenvalue weighted by molar-refractivity contribution is 0.0785. The number of hydrogen-bond acceptors (Lipinski definition) is 1. The molecule has 2 aromatic carbocycles. The third-order valence-electron chi connectivity index (χ3n) is 3.62. The molecular weight excluding hydrogens is 246 g/mol. The minimum Gasteiger partial charge on any atom is -0.337 e. The van der Waals surface area contributed by atoms with Crippen molar-refractivity contribution in [2.45, 2.75) is 26.8 Å². The number of rotatable bonds is 4. The Kier molecular flexibility index (Phi) is 4.57. The summed E-state index contributed by atoms with van der Waals surface area (Å²) in [5.41, 5.74) is 4.41. The summed E-state index contributed by atoms with van der Waals surface area (Å²) in [5, 5.41) is 0. The Morgan fingerprint density at radius 3 is 2.30 bits per heavy atom. The summed E-state index contributed by atoms with van der Waals surface area (Å²) in [6.45, 7) is 4.83. The average Bonchev–Trinajstić information content (AvgIpc) is 2.49. The Hall–Kier alpha value is -2.09. The molecule has 0 fully saturated rings. The highest BCUT2D eigenvalue weighted by molar-refractivity contribution is 5.94. The molecule has 0 heterocycles. The van der Waals surface area contributed by atoms with Crippen LogP contribution in [0.3, 0.4) is 0 Å². The first-order chi connectivity index (χ1) is 9.61. The predicted molar refractivity (Wildman–Crippen MR) is 82.8 cm³/mol. The highest BCUT2D eigenvalue weighted by atomic mass is 16.2. The smallest absolute Gasteiger partial charge is 0.253 e. The topological polar surface area (TPSA) is 20.3 Å². The van der Waals surface area contributed by atoms with E-state index in [0.29, 0.717) is 6.54 Å². The number of nitrogens with zero attached hydrogens (tertiary/aromatic N) is 1. The van der Waals surface area contributed by atoms with Gasteiger partial charge >= 0.3 is 0 Å². The van der Waals surface area contributed by atoms with Crippen LogP contribution in [0.25, 0.3) is 0 Å². The van der Waals surface area contributed by atoms with E-state index in [1.165, 1.54) is 16.7 Å². The molecule has 0 aliphatic heterocycles. The van der Waals surface area contributed by atoms with Gasteiger partial charge in [0.1, 0.15) is 0 Å². The second-order valence-electron chi connectivity index (χ2n) is 5.14. The summed E-state index contributed by atoms with van der Waals surface area (Å²) in [4.78, 5) is 14.2. The second-order valence-corrected chi connectivity index (χ2v) is 5.14. The molecule has 0 aromatic heterocycles. The van der Waals surface area contributed by atoms with E-state index in [4.69, 9.17) is 0 Å². The molecule has 0 aliphatic carbocycles. The molecule has 2 rings (SSSR count). The molecule has 0 saturated carbocycles. The van der Waals surface area contributed by atoms with Crippen LogP contribution in [0.4, 0.5) is 0 Å². The molecule has 0 spiro atoms. The monoisotopic (exact) mass is 267 g/mol. The number of carbonyl (C=O) groups is 1. The van der Waals surface area contributed by atoms with Gasteiger partial charge in [-0.25, -0.2) is 0 Å². The van der Waals surface area contributed by atoms with Gasteiger partial charge < -0.3 is 4.90 Å². The largest absolute Gasteiger partial charge is 0.337 e. The van der Waals surface area contributed by atoms with Crippen molar-refractivity contribution in [3.63, 3.8) is 0 Å². The maximum absolute atomic E-state index is 12.4. The zero-order valence-electron chi connectivity index (χ0n) is 12.4. The molecule has 1 amide bonds. The first kappa shape index (κ1) is 14.3. The van der Waals surface area contributed by atoms with Crippen molar-refractivity contribution in [1.29, 1.82) is 0 Å². The SMILES string of the molecule is CCc1ccc(C(=O)N(C)Cc2ccccc2C)cc1. The van der Waals surface area contributed by atoms with Crippen LogP contribution in [0, 0.1) is 6.92 Å². The maximum Gasteiger partial charge on any atom is 0.253 e. The highest BCUT2D eigenvalue weighted by Gasteiger charge is 2.12. The number of benzene rings is 2. The Balaban J connectivity index is 2.10. The van der Waals surface area contributed by atoms with E-state index in [2.05, 4.69) is 26.0 Å². The molecule has 0 unspecified atom stereocenters. The van der Waals surface area contributed by atoms with Crippen molar-refractivity contribution in [2.24, 2.45) is 0 Å². The van der Waals surface area contributed by atoms with Gasteiger partial charge in [-0.1, -0.05) is 43.3 Å². The van der Waals surface area contributed by atoms with Crippen molar-refractivity contribution in [1.82, 2.24) is 4.90 Å². The van der Waals surface area contributed by atoms with Crippen molar-refractivity contribution < 1.29 is 4.79 Å². The van der Waals surface area contributed by atoms with Crippen molar-refractivity contribution in [3.05, 3.63) is 70.8 Å². The normalized spacial score (nSPS) is 10.3. The van der Waals surface area contributed by atoms with Gasteiger partial charge in [0.05, 0.1) is 0 Å². The van der Waals surface area contributed by atoms with E-state index in [0.717, 1.165) is 12.0 Å². The van der Waals surface area contributed by atoms with Gasteiger partial charge in [-0.2, -0.15) is 0 Å². The average molecular weight is 267 g/mol. The van der Waals surface area contributed by atoms with E-state index >= 15 is 0 Å². The summed E-state index contributed by atoms with van der Waals surface area (Å²) in [7, 11) is 1.85. The fraction of sp³-hybridized carbons (Fsp3) is 0.278. The third kappa shape index (κ3) is 3.27. The van der Waals surface area contributed by atoms with E-state index in [-0.39, 0.29) is 5.91 Å². The van der Waals surface area contributed by atoms with E-state index < -0.39 is 0 Å². The molecule has 0 saturated heterocycles. The molecule has 0 atom stereocenters. The molecule has 2 heteroatoms. The Labute approximate surface area is 121 Å². The van der Waals surface area contributed by atoms with E-state index in [1.807, 2.05) is 43.4 Å². The number of aryl methyl sites for hydroxylation is 2. The van der Waals surface area contributed by atoms with Crippen LogP contribution in [0.2, 0.25) is 0 Å². The van der Waals surface area contributed by atoms with Crippen LogP contribution in [0.15, 0.2) is 48.5 Å². The molecular formula is C18H21NO. The quantitative estimate of drug-likeness (QED) is 0.824. The van der Waals surface area contributed by atoms with Crippen LogP contribution < -0.4 is 0 Å². The highest BCUT2D eigenvalue weighted by Crippen LogP contribution is 2.13. The first-order valence-corrected chi connectivity index (χ1v) is 7.00. The van der Waals surface area contributed by atoms with Crippen LogP contribution in [-0.4, -0.2) is 17.9 Å². The fourth-order valence-corrected chi connectivity index (χ4v) is 2.22. The molecule has 0 N–H and O–H groups in total. The van der Waals surface area contributed by atoms with Gasteiger partial charge in [0.25, 0.3) is 5.91 Å². The Morgan fingerprint density at radius 2 is 1.70 bits per heavy atom. The minimum absolute atomic E-state index is 0.0657. The van der Waals surface area contributed by atoms with Gasteiger partial charge in [-0.15, -0.1) is 0 Å². The molecule has 2 aromatic rings. The summed E-state index contributed by atoms with van der Waals surface area (Å²) >= 11 is 0. The van der Waals surface area contributed by atoms with Crippen LogP contribution >= 0.6 is 0 Å². The summed E-state index contributed by atoms with van der Waals surface area (Å²) < 4.78 is 0.